The molecule has 2 aromatic rings. The Kier molecular flexibility index (Phi) is 4.93. The molecular formula is C18H18ClN3O. The first-order valence-corrected chi connectivity index (χ1v) is 8.00. The molecule has 0 spiro atoms. The number of halogens is 1. The van der Waals surface area contributed by atoms with E-state index in [1.54, 1.807) is 18.3 Å². The number of carbonyl (C=O) groups is 1. The van der Waals surface area contributed by atoms with Crippen LogP contribution in [0.15, 0.2) is 53.6 Å². The van der Waals surface area contributed by atoms with E-state index in [-0.39, 0.29) is 5.91 Å². The lowest BCUT2D eigenvalue weighted by atomic mass is 10.0. The van der Waals surface area contributed by atoms with E-state index in [0.717, 1.165) is 30.6 Å². The van der Waals surface area contributed by atoms with Gasteiger partial charge in [-0.3, -0.25) is 4.79 Å². The molecule has 1 N–H and O–H groups in total. The molecule has 23 heavy (non-hydrogen) atoms. The lowest BCUT2D eigenvalue weighted by molar-refractivity contribution is -0.119. The van der Waals surface area contributed by atoms with Gasteiger partial charge in [-0.05, 0) is 42.2 Å². The van der Waals surface area contributed by atoms with Gasteiger partial charge in [0.05, 0.1) is 12.8 Å². The molecule has 1 aliphatic heterocycles. The van der Waals surface area contributed by atoms with Crippen LogP contribution in [-0.2, 0) is 11.2 Å². The van der Waals surface area contributed by atoms with E-state index in [1.807, 2.05) is 24.3 Å². The summed E-state index contributed by atoms with van der Waals surface area (Å²) in [7, 11) is 0. The van der Waals surface area contributed by atoms with Crippen molar-refractivity contribution >= 4 is 29.4 Å². The van der Waals surface area contributed by atoms with Crippen LogP contribution in [0.4, 0.5) is 5.69 Å². The van der Waals surface area contributed by atoms with E-state index in [1.165, 1.54) is 5.56 Å². The molecule has 1 heterocycles. The summed E-state index contributed by atoms with van der Waals surface area (Å²) >= 11 is 5.83. The number of amides is 1. The molecule has 0 atom stereocenters. The molecule has 0 aliphatic carbocycles. The predicted molar refractivity (Wildman–Crippen MR) is 94.2 cm³/mol. The fourth-order valence-electron chi connectivity index (χ4n) is 2.71. The number of hydrazone groups is 1. The largest absolute Gasteiger partial charge is 0.362 e. The molecule has 0 aromatic heterocycles. The van der Waals surface area contributed by atoms with Gasteiger partial charge in [-0.1, -0.05) is 41.9 Å². The number of nitrogens with zero attached hydrogens (tertiary/aromatic N) is 2. The molecule has 3 rings (SSSR count). The number of para-hydroxylation sites is 1. The zero-order valence-electron chi connectivity index (χ0n) is 12.7. The molecule has 4 nitrogen and oxygen atoms in total. The second kappa shape index (κ2) is 7.29. The van der Waals surface area contributed by atoms with Crippen molar-refractivity contribution in [3.63, 3.8) is 0 Å². The highest BCUT2D eigenvalue weighted by Crippen LogP contribution is 2.26. The van der Waals surface area contributed by atoms with Gasteiger partial charge in [-0.2, -0.15) is 5.10 Å². The highest BCUT2D eigenvalue weighted by atomic mass is 35.5. The fourth-order valence-corrected chi connectivity index (χ4v) is 2.84. The molecule has 5 heteroatoms. The third-order valence-corrected chi connectivity index (χ3v) is 4.07. The van der Waals surface area contributed by atoms with Gasteiger partial charge in [0.2, 0.25) is 0 Å². The average molecular weight is 328 g/mol. The lowest BCUT2D eigenvalue weighted by Crippen LogP contribution is -2.38. The first kappa shape index (κ1) is 15.6. The first-order chi connectivity index (χ1) is 11.2. The van der Waals surface area contributed by atoms with E-state index < -0.39 is 0 Å². The maximum absolute atomic E-state index is 12.1. The van der Waals surface area contributed by atoms with Crippen molar-refractivity contribution < 1.29 is 4.79 Å². The summed E-state index contributed by atoms with van der Waals surface area (Å²) in [5.41, 5.74) is 5.92. The third kappa shape index (κ3) is 4.11. The number of hydrogen-bond acceptors (Lipinski definition) is 3. The van der Waals surface area contributed by atoms with Crippen LogP contribution in [0.5, 0.6) is 0 Å². The third-order valence-electron chi connectivity index (χ3n) is 3.81. The van der Waals surface area contributed by atoms with Gasteiger partial charge in [0.25, 0.3) is 5.91 Å². The molecule has 0 saturated carbocycles. The van der Waals surface area contributed by atoms with Gasteiger partial charge < -0.3 is 4.90 Å². The van der Waals surface area contributed by atoms with Crippen LogP contribution in [-0.4, -0.2) is 25.2 Å². The Hall–Kier alpha value is -2.33. The van der Waals surface area contributed by atoms with Crippen LogP contribution in [0.2, 0.25) is 5.02 Å². The summed E-state index contributed by atoms with van der Waals surface area (Å²) in [6.07, 6.45) is 3.75. The van der Waals surface area contributed by atoms with Gasteiger partial charge >= 0.3 is 0 Å². The van der Waals surface area contributed by atoms with Crippen LogP contribution >= 0.6 is 11.6 Å². The maximum atomic E-state index is 12.1. The Morgan fingerprint density at radius 3 is 2.83 bits per heavy atom. The Balaban J connectivity index is 1.57. The van der Waals surface area contributed by atoms with Crippen molar-refractivity contribution in [2.24, 2.45) is 5.10 Å². The van der Waals surface area contributed by atoms with Crippen LogP contribution in [0.25, 0.3) is 0 Å². The summed E-state index contributed by atoms with van der Waals surface area (Å²) in [4.78, 5) is 14.2. The molecule has 2 aromatic carbocycles. The van der Waals surface area contributed by atoms with E-state index in [9.17, 15) is 4.79 Å². The average Bonchev–Trinajstić information content (AvgIpc) is 2.57. The summed E-state index contributed by atoms with van der Waals surface area (Å²) in [6, 6.07) is 15.5. The van der Waals surface area contributed by atoms with Crippen molar-refractivity contribution in [1.82, 2.24) is 5.43 Å². The van der Waals surface area contributed by atoms with Crippen LogP contribution in [0.3, 0.4) is 0 Å². The number of rotatable bonds is 4. The minimum atomic E-state index is -0.119. The van der Waals surface area contributed by atoms with Crippen molar-refractivity contribution in [1.29, 1.82) is 0 Å². The molecule has 0 saturated heterocycles. The Bertz CT molecular complexity index is 712. The van der Waals surface area contributed by atoms with Crippen molar-refractivity contribution in [2.75, 3.05) is 18.0 Å². The quantitative estimate of drug-likeness (QED) is 0.692. The molecule has 118 valence electrons. The van der Waals surface area contributed by atoms with Gasteiger partial charge in [0.15, 0.2) is 0 Å². The smallest absolute Gasteiger partial charge is 0.259 e. The fraction of sp³-hybridized carbons (Fsp3) is 0.222. The number of nitrogens with one attached hydrogen (secondary N) is 1. The highest BCUT2D eigenvalue weighted by molar-refractivity contribution is 6.30. The zero-order valence-corrected chi connectivity index (χ0v) is 13.5. The molecular weight excluding hydrogens is 310 g/mol. The van der Waals surface area contributed by atoms with E-state index >= 15 is 0 Å². The Morgan fingerprint density at radius 1 is 1.22 bits per heavy atom. The summed E-state index contributed by atoms with van der Waals surface area (Å²) < 4.78 is 0. The monoisotopic (exact) mass is 327 g/mol. The molecule has 0 fully saturated rings. The lowest BCUT2D eigenvalue weighted by Gasteiger charge is -2.30. The van der Waals surface area contributed by atoms with Gasteiger partial charge in [0.1, 0.15) is 0 Å². The van der Waals surface area contributed by atoms with E-state index in [4.69, 9.17) is 11.6 Å². The minimum absolute atomic E-state index is 0.119. The number of fused-ring (bicyclic) bond motifs is 1. The highest BCUT2D eigenvalue weighted by Gasteiger charge is 2.18. The van der Waals surface area contributed by atoms with Crippen molar-refractivity contribution in [2.45, 2.75) is 12.8 Å². The summed E-state index contributed by atoms with van der Waals surface area (Å²) in [6.45, 7) is 1.21. The minimum Gasteiger partial charge on any atom is -0.362 e. The molecule has 0 unspecified atom stereocenters. The van der Waals surface area contributed by atoms with Crippen LogP contribution < -0.4 is 10.3 Å². The van der Waals surface area contributed by atoms with Crippen molar-refractivity contribution in [3.8, 4) is 0 Å². The Morgan fingerprint density at radius 2 is 2.00 bits per heavy atom. The Labute approximate surface area is 140 Å². The summed E-state index contributed by atoms with van der Waals surface area (Å²) in [5, 5.41) is 4.67. The van der Waals surface area contributed by atoms with Gasteiger partial charge in [0, 0.05) is 17.3 Å². The normalized spacial score (nSPS) is 13.9. The summed E-state index contributed by atoms with van der Waals surface area (Å²) in [5.74, 6) is -0.119. The number of anilines is 1. The van der Waals surface area contributed by atoms with Crippen LogP contribution in [0.1, 0.15) is 17.5 Å². The van der Waals surface area contributed by atoms with Crippen molar-refractivity contribution in [3.05, 3.63) is 64.7 Å². The van der Waals surface area contributed by atoms with Crippen LogP contribution in [0, 0.1) is 0 Å². The molecule has 1 amide bonds. The SMILES string of the molecule is O=C(CN1CCCc2ccccc21)N/N=C\c1ccc(Cl)cc1. The molecule has 1 aliphatic rings. The topological polar surface area (TPSA) is 44.7 Å². The molecule has 0 bridgehead atoms. The number of benzene rings is 2. The maximum Gasteiger partial charge on any atom is 0.259 e. The predicted octanol–water partition coefficient (Wildman–Crippen LogP) is 3.24. The van der Waals surface area contributed by atoms with Gasteiger partial charge in [-0.25, -0.2) is 5.43 Å². The second-order valence-corrected chi connectivity index (χ2v) is 5.93. The number of hydrogen-bond donors (Lipinski definition) is 1. The van der Waals surface area contributed by atoms with E-state index in [0.29, 0.717) is 11.6 Å². The number of aryl methyl sites for hydroxylation is 1. The van der Waals surface area contributed by atoms with Gasteiger partial charge in [-0.15, -0.1) is 0 Å². The standard InChI is InChI=1S/C18H18ClN3O/c19-16-9-7-14(8-10-16)12-20-21-18(23)13-22-11-3-5-15-4-1-2-6-17(15)22/h1-2,4,6-10,12H,3,5,11,13H2,(H,21,23)/b20-12-. The zero-order chi connectivity index (χ0) is 16.1. The second-order valence-electron chi connectivity index (χ2n) is 5.50. The number of carbonyl (C=O) groups excluding carboxylic acids is 1. The molecule has 0 radical (unpaired) electrons. The van der Waals surface area contributed by atoms with E-state index in [2.05, 4.69) is 27.6 Å². The first-order valence-electron chi connectivity index (χ1n) is 7.63.